The van der Waals surface area contributed by atoms with E-state index >= 15 is 0 Å². The molecule has 0 aliphatic carbocycles. The van der Waals surface area contributed by atoms with Gasteiger partial charge in [-0.1, -0.05) is 0 Å². The molecule has 0 amide bonds. The normalized spacial score (nSPS) is 13.5. The Bertz CT molecular complexity index is 536. The summed E-state index contributed by atoms with van der Waals surface area (Å²) in [4.78, 5) is 10.5. The molecule has 0 fully saturated rings. The average Bonchev–Trinajstić information content (AvgIpc) is 2.60. The number of aliphatic hydroxyl groups is 1. The predicted molar refractivity (Wildman–Crippen MR) is 61.8 cm³/mol. The number of nitrogens with one attached hydrogen (secondary N) is 2. The molecule has 1 atom stereocenters. The largest absolute Gasteiger partial charge is 0.476 e. The monoisotopic (exact) mass is 277 g/mol. The molecule has 4 N–H and O–H groups in total. The van der Waals surface area contributed by atoms with Gasteiger partial charge < -0.3 is 10.2 Å². The molecule has 0 bridgehead atoms. The Balaban J connectivity index is 3.12. The number of carbonyl (C=O) groups is 1. The molecule has 0 aliphatic heterocycles. The second-order valence-electron chi connectivity index (χ2n) is 3.87. The summed E-state index contributed by atoms with van der Waals surface area (Å²) >= 11 is 0. The van der Waals surface area contributed by atoms with Crippen molar-refractivity contribution in [3.8, 4) is 0 Å². The SMILES string of the molecule is Cc1[nH]nc(C(=O)O)c1S(=O)(=O)NC(C)CCO. The molecule has 9 heteroatoms. The molecule has 0 radical (unpaired) electrons. The summed E-state index contributed by atoms with van der Waals surface area (Å²) in [6, 6.07) is -0.504. The lowest BCUT2D eigenvalue weighted by molar-refractivity contribution is 0.0686. The molecule has 0 saturated heterocycles. The van der Waals surface area contributed by atoms with E-state index in [4.69, 9.17) is 10.2 Å². The highest BCUT2D eigenvalue weighted by Gasteiger charge is 2.29. The number of carboxylic acid groups (broad SMARTS) is 1. The third-order valence-corrected chi connectivity index (χ3v) is 4.03. The van der Waals surface area contributed by atoms with Crippen molar-refractivity contribution in [1.29, 1.82) is 0 Å². The van der Waals surface area contributed by atoms with E-state index in [1.807, 2.05) is 0 Å². The number of aromatic nitrogens is 2. The number of aromatic carboxylic acids is 1. The lowest BCUT2D eigenvalue weighted by Gasteiger charge is -2.12. The van der Waals surface area contributed by atoms with Crippen LogP contribution in [-0.4, -0.2) is 47.4 Å². The van der Waals surface area contributed by atoms with E-state index in [9.17, 15) is 13.2 Å². The van der Waals surface area contributed by atoms with Crippen molar-refractivity contribution in [1.82, 2.24) is 14.9 Å². The first-order chi connectivity index (χ1) is 8.29. The third kappa shape index (κ3) is 3.06. The van der Waals surface area contributed by atoms with Crippen molar-refractivity contribution in [3.05, 3.63) is 11.4 Å². The lowest BCUT2D eigenvalue weighted by atomic mass is 10.3. The van der Waals surface area contributed by atoms with E-state index in [2.05, 4.69) is 14.9 Å². The fourth-order valence-electron chi connectivity index (χ4n) is 1.47. The zero-order valence-electron chi connectivity index (χ0n) is 9.97. The van der Waals surface area contributed by atoms with Gasteiger partial charge in [-0.2, -0.15) is 5.10 Å². The number of aliphatic hydroxyl groups excluding tert-OH is 1. The lowest BCUT2D eigenvalue weighted by Crippen LogP contribution is -2.34. The summed E-state index contributed by atoms with van der Waals surface area (Å²) in [6.07, 6.45) is 0.235. The van der Waals surface area contributed by atoms with Crippen LogP contribution < -0.4 is 4.72 Å². The van der Waals surface area contributed by atoms with Crippen molar-refractivity contribution in [2.75, 3.05) is 6.61 Å². The van der Waals surface area contributed by atoms with Crippen LogP contribution in [0.1, 0.15) is 29.5 Å². The molecule has 8 nitrogen and oxygen atoms in total. The molecule has 1 unspecified atom stereocenters. The Labute approximate surface area is 104 Å². The number of hydrogen-bond donors (Lipinski definition) is 4. The van der Waals surface area contributed by atoms with Gasteiger partial charge in [0.15, 0.2) is 5.69 Å². The molecule has 1 heterocycles. The number of rotatable bonds is 6. The molecule has 0 saturated carbocycles. The zero-order chi connectivity index (χ0) is 13.9. The first kappa shape index (κ1) is 14.6. The number of sulfonamides is 1. The van der Waals surface area contributed by atoms with Crippen molar-refractivity contribution < 1.29 is 23.4 Å². The van der Waals surface area contributed by atoms with Crippen molar-refractivity contribution >= 4 is 16.0 Å². The molecular formula is C9H15N3O5S. The van der Waals surface area contributed by atoms with Gasteiger partial charge in [0.2, 0.25) is 10.0 Å². The number of aromatic amines is 1. The summed E-state index contributed by atoms with van der Waals surface area (Å²) in [6.45, 7) is 2.83. The molecular weight excluding hydrogens is 262 g/mol. The Kier molecular flexibility index (Phi) is 4.43. The minimum atomic E-state index is -3.98. The van der Waals surface area contributed by atoms with E-state index < -0.39 is 27.7 Å². The van der Waals surface area contributed by atoms with E-state index in [-0.39, 0.29) is 23.6 Å². The molecule has 18 heavy (non-hydrogen) atoms. The van der Waals surface area contributed by atoms with Gasteiger partial charge in [-0.25, -0.2) is 17.9 Å². The predicted octanol–water partition coefficient (Wildman–Crippen LogP) is -0.534. The summed E-state index contributed by atoms with van der Waals surface area (Å²) in [5.41, 5.74) is -0.396. The van der Waals surface area contributed by atoms with Crippen LogP contribution in [0, 0.1) is 6.92 Å². The molecule has 102 valence electrons. The molecule has 0 spiro atoms. The molecule has 0 aromatic carbocycles. The summed E-state index contributed by atoms with van der Waals surface area (Å²) in [5, 5.41) is 23.4. The Hall–Kier alpha value is -1.45. The minimum Gasteiger partial charge on any atom is -0.476 e. The maximum absolute atomic E-state index is 12.0. The van der Waals surface area contributed by atoms with E-state index in [0.29, 0.717) is 0 Å². The summed E-state index contributed by atoms with van der Waals surface area (Å²) in [5.74, 6) is -1.42. The number of hydrogen-bond acceptors (Lipinski definition) is 5. The molecule has 1 aromatic heterocycles. The van der Waals surface area contributed by atoms with Crippen LogP contribution in [0.15, 0.2) is 4.90 Å². The van der Waals surface area contributed by atoms with Gasteiger partial charge in [-0.15, -0.1) is 0 Å². The first-order valence-electron chi connectivity index (χ1n) is 5.21. The number of aryl methyl sites for hydroxylation is 1. The van der Waals surface area contributed by atoms with Crippen molar-refractivity contribution in [3.63, 3.8) is 0 Å². The van der Waals surface area contributed by atoms with Gasteiger partial charge in [0, 0.05) is 12.6 Å². The first-order valence-corrected chi connectivity index (χ1v) is 6.69. The minimum absolute atomic E-state index is 0.149. The smallest absolute Gasteiger partial charge is 0.357 e. The maximum atomic E-state index is 12.0. The zero-order valence-corrected chi connectivity index (χ0v) is 10.8. The molecule has 0 aliphatic rings. The van der Waals surface area contributed by atoms with Gasteiger partial charge in [0.25, 0.3) is 0 Å². The van der Waals surface area contributed by atoms with E-state index in [1.54, 1.807) is 6.92 Å². The van der Waals surface area contributed by atoms with Crippen molar-refractivity contribution in [2.45, 2.75) is 31.2 Å². The second kappa shape index (κ2) is 5.46. The highest BCUT2D eigenvalue weighted by atomic mass is 32.2. The van der Waals surface area contributed by atoms with E-state index in [1.165, 1.54) is 6.92 Å². The summed E-state index contributed by atoms with van der Waals surface area (Å²) < 4.78 is 26.3. The quantitative estimate of drug-likeness (QED) is 0.552. The van der Waals surface area contributed by atoms with Gasteiger partial charge in [-0.3, -0.25) is 5.10 Å². The number of nitrogens with zero attached hydrogens (tertiary/aromatic N) is 1. The van der Waals surface area contributed by atoms with Gasteiger partial charge in [-0.05, 0) is 20.3 Å². The number of H-pyrrole nitrogens is 1. The van der Waals surface area contributed by atoms with Crippen LogP contribution in [0.3, 0.4) is 0 Å². The third-order valence-electron chi connectivity index (χ3n) is 2.28. The van der Waals surface area contributed by atoms with Crippen LogP contribution >= 0.6 is 0 Å². The highest BCUT2D eigenvalue weighted by molar-refractivity contribution is 7.89. The average molecular weight is 277 g/mol. The van der Waals surface area contributed by atoms with Crippen LogP contribution in [0.4, 0.5) is 0 Å². The topological polar surface area (TPSA) is 132 Å². The second-order valence-corrected chi connectivity index (χ2v) is 5.52. The van der Waals surface area contributed by atoms with Crippen molar-refractivity contribution in [2.24, 2.45) is 0 Å². The van der Waals surface area contributed by atoms with Crippen LogP contribution in [0.25, 0.3) is 0 Å². The Morgan fingerprint density at radius 1 is 1.56 bits per heavy atom. The van der Waals surface area contributed by atoms with Gasteiger partial charge in [0.05, 0.1) is 5.69 Å². The Morgan fingerprint density at radius 3 is 2.67 bits per heavy atom. The van der Waals surface area contributed by atoms with Crippen LogP contribution in [0.5, 0.6) is 0 Å². The molecule has 1 rings (SSSR count). The Morgan fingerprint density at radius 2 is 2.17 bits per heavy atom. The fourth-order valence-corrected chi connectivity index (χ4v) is 3.07. The maximum Gasteiger partial charge on any atom is 0.357 e. The molecule has 1 aromatic rings. The van der Waals surface area contributed by atoms with Gasteiger partial charge >= 0.3 is 5.97 Å². The fraction of sp³-hybridized carbons (Fsp3) is 0.556. The highest BCUT2D eigenvalue weighted by Crippen LogP contribution is 2.18. The van der Waals surface area contributed by atoms with Gasteiger partial charge in [0.1, 0.15) is 4.90 Å². The van der Waals surface area contributed by atoms with Crippen LogP contribution in [0.2, 0.25) is 0 Å². The van der Waals surface area contributed by atoms with Crippen LogP contribution in [-0.2, 0) is 10.0 Å². The summed E-state index contributed by atoms with van der Waals surface area (Å²) in [7, 11) is -3.98. The van der Waals surface area contributed by atoms with E-state index in [0.717, 1.165) is 0 Å². The standard InChI is InChI=1S/C9H15N3O5S/c1-5(3-4-13)12-18(16,17)8-6(2)10-11-7(8)9(14)15/h5,12-13H,3-4H2,1-2H3,(H,10,11)(H,14,15). The number of carboxylic acids is 1.